The van der Waals surface area contributed by atoms with Gasteiger partial charge in [0.2, 0.25) is 5.88 Å². The first-order valence-electron chi connectivity index (χ1n) is 6.42. The Balaban J connectivity index is 2.00. The number of carboxylic acid groups (broad SMARTS) is 1. The summed E-state index contributed by atoms with van der Waals surface area (Å²) in [5.41, 5.74) is 2.59. The van der Waals surface area contributed by atoms with Gasteiger partial charge in [-0.05, 0) is 24.3 Å². The highest BCUT2D eigenvalue weighted by atomic mass is 19.1. The Morgan fingerprint density at radius 2 is 2.23 bits per heavy atom. The summed E-state index contributed by atoms with van der Waals surface area (Å²) in [5.74, 6) is -0.372. The number of hydrogen-bond acceptors (Lipinski definition) is 4. The molecule has 0 spiro atoms. The Morgan fingerprint density at radius 1 is 1.36 bits per heavy atom. The van der Waals surface area contributed by atoms with E-state index in [-0.39, 0.29) is 18.2 Å². The summed E-state index contributed by atoms with van der Waals surface area (Å²) in [6.45, 7) is 0.265. The van der Waals surface area contributed by atoms with Gasteiger partial charge in [0.25, 0.3) is 0 Å². The highest BCUT2D eigenvalue weighted by molar-refractivity contribution is 5.72. The molecule has 0 bridgehead atoms. The average molecular weight is 300 g/mol. The topological polar surface area (TPSA) is 82.2 Å². The first-order valence-corrected chi connectivity index (χ1v) is 6.42. The van der Waals surface area contributed by atoms with Crippen LogP contribution in [0.4, 0.5) is 9.18 Å². The maximum absolute atomic E-state index is 13.6. The fraction of sp³-hybridized carbons (Fsp3) is 0.0714. The maximum Gasteiger partial charge on any atom is 0.512 e. The van der Waals surface area contributed by atoms with E-state index in [1.165, 1.54) is 18.5 Å². The summed E-state index contributed by atoms with van der Waals surface area (Å²) in [5, 5.41) is 13.0. The van der Waals surface area contributed by atoms with E-state index in [4.69, 9.17) is 9.84 Å². The van der Waals surface area contributed by atoms with Gasteiger partial charge in [0, 0.05) is 11.8 Å². The van der Waals surface area contributed by atoms with Crippen LogP contribution in [0, 0.1) is 5.82 Å². The number of nitrogens with zero attached hydrogens (tertiary/aromatic N) is 4. The minimum Gasteiger partial charge on any atom is -0.449 e. The van der Waals surface area contributed by atoms with Crippen molar-refractivity contribution >= 4 is 6.16 Å². The normalized spacial score (nSPS) is 12.0. The first kappa shape index (κ1) is 12.6. The highest BCUT2D eigenvalue weighted by Crippen LogP contribution is 2.34. The summed E-state index contributed by atoms with van der Waals surface area (Å²) in [4.78, 5) is 14.8. The zero-order valence-electron chi connectivity index (χ0n) is 11.1. The molecule has 1 aromatic carbocycles. The number of fused-ring (bicyclic) bond motifs is 5. The molecule has 22 heavy (non-hydrogen) atoms. The third-order valence-corrected chi connectivity index (χ3v) is 3.52. The number of aromatic nitrogens is 4. The molecule has 1 aliphatic rings. The number of ether oxygens (including phenoxy) is 1. The minimum atomic E-state index is -1.44. The molecule has 0 radical (unpaired) electrons. The van der Waals surface area contributed by atoms with Gasteiger partial charge < -0.3 is 9.84 Å². The number of imidazole rings is 1. The summed E-state index contributed by atoms with van der Waals surface area (Å²) < 4.78 is 21.7. The Kier molecular flexibility index (Phi) is 2.52. The highest BCUT2D eigenvalue weighted by Gasteiger charge is 2.24. The standard InChI is InChI=1S/C14H9FN4O3/c15-8-1-2-10-9(5-8)11-3-4-17-19(11)6-12-13(22-14(20)21)16-7-18(10)12/h1-5,7H,6H2,(H,20,21). The van der Waals surface area contributed by atoms with E-state index in [9.17, 15) is 9.18 Å². The van der Waals surface area contributed by atoms with E-state index >= 15 is 0 Å². The van der Waals surface area contributed by atoms with Crippen molar-refractivity contribution in [2.45, 2.75) is 6.54 Å². The monoisotopic (exact) mass is 300 g/mol. The lowest BCUT2D eigenvalue weighted by Crippen LogP contribution is -2.09. The van der Waals surface area contributed by atoms with Crippen molar-refractivity contribution in [3.63, 3.8) is 0 Å². The first-order chi connectivity index (χ1) is 10.6. The second-order valence-corrected chi connectivity index (χ2v) is 4.77. The van der Waals surface area contributed by atoms with Crippen LogP contribution in [0.5, 0.6) is 5.88 Å². The molecule has 4 rings (SSSR count). The summed E-state index contributed by atoms with van der Waals surface area (Å²) in [6, 6.07) is 6.14. The van der Waals surface area contributed by atoms with Crippen LogP contribution in [0.3, 0.4) is 0 Å². The summed E-state index contributed by atoms with van der Waals surface area (Å²) in [7, 11) is 0. The van der Waals surface area contributed by atoms with Crippen LogP contribution in [0.15, 0.2) is 36.8 Å². The van der Waals surface area contributed by atoms with Crippen LogP contribution < -0.4 is 4.74 Å². The molecule has 3 heterocycles. The average Bonchev–Trinajstić information content (AvgIpc) is 3.05. The van der Waals surface area contributed by atoms with Crippen molar-refractivity contribution in [3.8, 4) is 22.8 Å². The Morgan fingerprint density at radius 3 is 3.05 bits per heavy atom. The predicted molar refractivity (Wildman–Crippen MR) is 72.5 cm³/mol. The molecule has 8 heteroatoms. The summed E-state index contributed by atoms with van der Waals surface area (Å²) >= 11 is 0. The van der Waals surface area contributed by atoms with E-state index in [1.54, 1.807) is 27.6 Å². The number of rotatable bonds is 1. The Labute approximate surface area is 123 Å². The molecular formula is C14H9FN4O3. The van der Waals surface area contributed by atoms with Crippen LogP contribution >= 0.6 is 0 Å². The number of carbonyl (C=O) groups is 1. The fourth-order valence-corrected chi connectivity index (χ4v) is 2.63. The lowest BCUT2D eigenvalue weighted by molar-refractivity contribution is 0.142. The largest absolute Gasteiger partial charge is 0.512 e. The quantitative estimate of drug-likeness (QED) is 0.545. The lowest BCUT2D eigenvalue weighted by Gasteiger charge is -2.08. The van der Waals surface area contributed by atoms with Crippen molar-refractivity contribution in [1.82, 2.24) is 19.3 Å². The van der Waals surface area contributed by atoms with Gasteiger partial charge >= 0.3 is 6.16 Å². The van der Waals surface area contributed by atoms with Gasteiger partial charge in [-0.1, -0.05) is 0 Å². The van der Waals surface area contributed by atoms with Crippen LogP contribution in [0.25, 0.3) is 16.9 Å². The third kappa shape index (κ3) is 1.77. The van der Waals surface area contributed by atoms with Gasteiger partial charge in [0.1, 0.15) is 17.8 Å². The minimum absolute atomic E-state index is 0.00822. The van der Waals surface area contributed by atoms with Gasteiger partial charge in [-0.3, -0.25) is 9.25 Å². The SMILES string of the molecule is O=C(O)Oc1ncn2c1Cn1nccc1-c1cc(F)ccc1-2. The molecule has 0 aliphatic carbocycles. The van der Waals surface area contributed by atoms with Crippen LogP contribution in [0.2, 0.25) is 0 Å². The molecule has 1 aliphatic heterocycles. The van der Waals surface area contributed by atoms with Gasteiger partial charge in [0.15, 0.2) is 0 Å². The van der Waals surface area contributed by atoms with Gasteiger partial charge in [-0.15, -0.1) is 0 Å². The van der Waals surface area contributed by atoms with E-state index in [2.05, 4.69) is 10.1 Å². The van der Waals surface area contributed by atoms with E-state index in [0.29, 0.717) is 16.9 Å². The molecule has 0 unspecified atom stereocenters. The van der Waals surface area contributed by atoms with Gasteiger partial charge in [-0.25, -0.2) is 14.2 Å². The molecule has 2 aromatic heterocycles. The lowest BCUT2D eigenvalue weighted by atomic mass is 10.1. The van der Waals surface area contributed by atoms with E-state index in [0.717, 1.165) is 5.69 Å². The van der Waals surface area contributed by atoms with E-state index in [1.807, 2.05) is 0 Å². The van der Waals surface area contributed by atoms with Gasteiger partial charge in [0.05, 0.1) is 17.9 Å². The molecule has 0 atom stereocenters. The molecular weight excluding hydrogens is 291 g/mol. The predicted octanol–water partition coefficient (Wildman–Crippen LogP) is 2.29. The summed E-state index contributed by atoms with van der Waals surface area (Å²) in [6.07, 6.45) is 1.62. The van der Waals surface area contributed by atoms with Crippen molar-refractivity contribution in [3.05, 3.63) is 48.3 Å². The smallest absolute Gasteiger partial charge is 0.449 e. The molecule has 0 saturated heterocycles. The third-order valence-electron chi connectivity index (χ3n) is 3.52. The Hall–Kier alpha value is -3.16. The van der Waals surface area contributed by atoms with Crippen LogP contribution in [0.1, 0.15) is 5.69 Å². The molecule has 7 nitrogen and oxygen atoms in total. The number of halogens is 1. The second kappa shape index (κ2) is 4.42. The molecule has 1 N–H and O–H groups in total. The van der Waals surface area contributed by atoms with Crippen molar-refractivity contribution < 1.29 is 19.0 Å². The van der Waals surface area contributed by atoms with Crippen molar-refractivity contribution in [2.75, 3.05) is 0 Å². The van der Waals surface area contributed by atoms with Crippen molar-refractivity contribution in [2.24, 2.45) is 0 Å². The fourth-order valence-electron chi connectivity index (χ4n) is 2.63. The molecule has 0 amide bonds. The van der Waals surface area contributed by atoms with Crippen LogP contribution in [-0.2, 0) is 6.54 Å². The second-order valence-electron chi connectivity index (χ2n) is 4.77. The van der Waals surface area contributed by atoms with Crippen molar-refractivity contribution in [1.29, 1.82) is 0 Å². The van der Waals surface area contributed by atoms with Crippen LogP contribution in [-0.4, -0.2) is 30.6 Å². The molecule has 110 valence electrons. The molecule has 0 fully saturated rings. The maximum atomic E-state index is 13.6. The zero-order chi connectivity index (χ0) is 15.3. The number of hydrogen-bond donors (Lipinski definition) is 1. The van der Waals surface area contributed by atoms with E-state index < -0.39 is 6.16 Å². The molecule has 0 saturated carbocycles. The van der Waals surface area contributed by atoms with Gasteiger partial charge in [-0.2, -0.15) is 5.10 Å². The Bertz CT molecular complexity index is 899. The zero-order valence-corrected chi connectivity index (χ0v) is 11.1. The molecule has 3 aromatic rings. The number of benzene rings is 1.